The van der Waals surface area contributed by atoms with E-state index in [1.54, 1.807) is 18.3 Å². The zero-order chi connectivity index (χ0) is 14.7. The van der Waals surface area contributed by atoms with E-state index in [1.807, 2.05) is 13.8 Å². The maximum absolute atomic E-state index is 12.3. The van der Waals surface area contributed by atoms with Gasteiger partial charge in [-0.3, -0.25) is 19.5 Å². The number of nitrogens with two attached hydrogens (primary N) is 1. The van der Waals surface area contributed by atoms with E-state index in [9.17, 15) is 9.59 Å². The van der Waals surface area contributed by atoms with Crippen LogP contribution in [0.1, 0.15) is 25.1 Å². The fraction of sp³-hybridized carbons (Fsp3) is 0.429. The summed E-state index contributed by atoms with van der Waals surface area (Å²) in [6, 6.07) is 3.53. The summed E-state index contributed by atoms with van der Waals surface area (Å²) in [5, 5.41) is 0. The van der Waals surface area contributed by atoms with Crippen molar-refractivity contribution in [1.82, 2.24) is 9.88 Å². The van der Waals surface area contributed by atoms with Crippen LogP contribution in [0, 0.1) is 17.3 Å². The van der Waals surface area contributed by atoms with Gasteiger partial charge in [0.2, 0.25) is 11.8 Å². The van der Waals surface area contributed by atoms with Gasteiger partial charge in [-0.1, -0.05) is 32.1 Å². The summed E-state index contributed by atoms with van der Waals surface area (Å²) >= 11 is 4.94. The molecular formula is C14H15N3O2S. The predicted molar refractivity (Wildman–Crippen MR) is 76.4 cm³/mol. The highest BCUT2D eigenvalue weighted by Crippen LogP contribution is 2.63. The van der Waals surface area contributed by atoms with E-state index in [-0.39, 0.29) is 40.6 Å². The SMILES string of the molecule is CC1(C)C2C(=O)N(Cc3cccnc3C(N)=S)C(=O)C21. The number of aromatic nitrogens is 1. The third kappa shape index (κ3) is 1.67. The lowest BCUT2D eigenvalue weighted by atomic mass is 10.0. The van der Waals surface area contributed by atoms with Crippen LogP contribution >= 0.6 is 12.2 Å². The van der Waals surface area contributed by atoms with Crippen LogP contribution in [0.4, 0.5) is 0 Å². The van der Waals surface area contributed by atoms with E-state index >= 15 is 0 Å². The van der Waals surface area contributed by atoms with Crippen molar-refractivity contribution in [2.45, 2.75) is 20.4 Å². The Hall–Kier alpha value is -1.82. The second-order valence-corrected chi connectivity index (χ2v) is 6.35. The molecule has 104 valence electrons. The number of nitrogens with zero attached hydrogens (tertiary/aromatic N) is 2. The van der Waals surface area contributed by atoms with E-state index in [4.69, 9.17) is 18.0 Å². The molecule has 20 heavy (non-hydrogen) atoms. The first-order chi connectivity index (χ1) is 9.35. The first-order valence-corrected chi connectivity index (χ1v) is 6.85. The lowest BCUT2D eigenvalue weighted by molar-refractivity contribution is -0.143. The number of piperidine rings is 1. The quantitative estimate of drug-likeness (QED) is 0.659. The van der Waals surface area contributed by atoms with Crippen LogP contribution in [0.2, 0.25) is 0 Å². The van der Waals surface area contributed by atoms with Gasteiger partial charge in [-0.2, -0.15) is 0 Å². The third-order valence-electron chi connectivity index (χ3n) is 4.34. The van der Waals surface area contributed by atoms with Gasteiger partial charge < -0.3 is 5.73 Å². The number of hydrogen-bond acceptors (Lipinski definition) is 4. The minimum atomic E-state index is -0.189. The molecule has 2 fully saturated rings. The van der Waals surface area contributed by atoms with Crippen molar-refractivity contribution >= 4 is 29.0 Å². The molecule has 2 N–H and O–H groups in total. The summed E-state index contributed by atoms with van der Waals surface area (Å²) in [5.41, 5.74) is 6.61. The summed E-state index contributed by atoms with van der Waals surface area (Å²) < 4.78 is 0. The number of amides is 2. The summed E-state index contributed by atoms with van der Waals surface area (Å²) in [7, 11) is 0. The van der Waals surface area contributed by atoms with Crippen LogP contribution < -0.4 is 5.73 Å². The van der Waals surface area contributed by atoms with Gasteiger partial charge in [0.1, 0.15) is 10.7 Å². The molecule has 2 atom stereocenters. The van der Waals surface area contributed by atoms with Gasteiger partial charge in [0.05, 0.1) is 18.4 Å². The first-order valence-electron chi connectivity index (χ1n) is 6.44. The number of pyridine rings is 1. The Balaban J connectivity index is 1.86. The Bertz CT molecular complexity index is 617. The minimum absolute atomic E-state index is 0.0947. The maximum Gasteiger partial charge on any atom is 0.233 e. The molecule has 5 nitrogen and oxygen atoms in total. The van der Waals surface area contributed by atoms with Gasteiger partial charge in [-0.05, 0) is 11.5 Å². The van der Waals surface area contributed by atoms with Crippen molar-refractivity contribution in [1.29, 1.82) is 0 Å². The number of thiocarbonyl (C=S) groups is 1. The van der Waals surface area contributed by atoms with E-state index in [2.05, 4.69) is 4.98 Å². The number of rotatable bonds is 3. The fourth-order valence-corrected chi connectivity index (χ4v) is 3.30. The molecular weight excluding hydrogens is 274 g/mol. The molecule has 1 aliphatic heterocycles. The largest absolute Gasteiger partial charge is 0.388 e. The van der Waals surface area contributed by atoms with Crippen LogP contribution in [-0.4, -0.2) is 26.7 Å². The third-order valence-corrected chi connectivity index (χ3v) is 4.54. The van der Waals surface area contributed by atoms with Gasteiger partial charge >= 0.3 is 0 Å². The standard InChI is InChI=1S/C14H15N3O2S/c1-14(2)8-9(14)13(19)17(12(8)18)6-7-4-3-5-16-10(7)11(15)20/h3-5,8-9H,6H2,1-2H3,(H2,15,20). The molecule has 3 rings (SSSR count). The number of likely N-dealkylation sites (tertiary alicyclic amines) is 1. The molecule has 2 heterocycles. The van der Waals surface area contributed by atoms with Crippen molar-refractivity contribution in [3.63, 3.8) is 0 Å². The second-order valence-electron chi connectivity index (χ2n) is 5.91. The topological polar surface area (TPSA) is 76.3 Å². The molecule has 1 saturated carbocycles. The molecule has 1 aromatic rings. The molecule has 1 aromatic heterocycles. The number of carbonyl (C=O) groups is 2. The van der Waals surface area contributed by atoms with E-state index in [1.165, 1.54) is 4.90 Å². The average molecular weight is 289 g/mol. The first kappa shape index (κ1) is 13.2. The molecule has 2 amide bonds. The molecule has 0 bridgehead atoms. The smallest absolute Gasteiger partial charge is 0.233 e. The van der Waals surface area contributed by atoms with Crippen molar-refractivity contribution in [2.24, 2.45) is 23.0 Å². The monoisotopic (exact) mass is 289 g/mol. The Morgan fingerprint density at radius 1 is 1.40 bits per heavy atom. The Morgan fingerprint density at radius 2 is 2.00 bits per heavy atom. The molecule has 1 saturated heterocycles. The Labute approximate surface area is 122 Å². The van der Waals surface area contributed by atoms with E-state index < -0.39 is 0 Å². The van der Waals surface area contributed by atoms with Gasteiger partial charge in [0, 0.05) is 11.8 Å². The zero-order valence-electron chi connectivity index (χ0n) is 11.3. The van der Waals surface area contributed by atoms with Gasteiger partial charge in [0.15, 0.2) is 0 Å². The van der Waals surface area contributed by atoms with E-state index in [0.29, 0.717) is 11.3 Å². The lowest BCUT2D eigenvalue weighted by Crippen LogP contribution is -2.36. The molecule has 0 radical (unpaired) electrons. The predicted octanol–water partition coefficient (Wildman–Crippen LogP) is 0.857. The zero-order valence-corrected chi connectivity index (χ0v) is 12.1. The van der Waals surface area contributed by atoms with Crippen molar-refractivity contribution in [3.8, 4) is 0 Å². The lowest BCUT2D eigenvalue weighted by Gasteiger charge is -2.21. The van der Waals surface area contributed by atoms with Crippen molar-refractivity contribution in [3.05, 3.63) is 29.6 Å². The normalized spacial score (nSPS) is 26.6. The molecule has 1 aliphatic carbocycles. The number of hydrogen-bond donors (Lipinski definition) is 1. The van der Waals surface area contributed by atoms with Crippen LogP contribution in [-0.2, 0) is 16.1 Å². The van der Waals surface area contributed by atoms with Crippen LogP contribution in [0.15, 0.2) is 18.3 Å². The van der Waals surface area contributed by atoms with Crippen LogP contribution in [0.25, 0.3) is 0 Å². The highest BCUT2D eigenvalue weighted by Gasteiger charge is 2.72. The van der Waals surface area contributed by atoms with Gasteiger partial charge in [-0.25, -0.2) is 0 Å². The maximum atomic E-state index is 12.3. The molecule has 2 unspecified atom stereocenters. The number of fused-ring (bicyclic) bond motifs is 1. The van der Waals surface area contributed by atoms with Gasteiger partial charge in [0.25, 0.3) is 0 Å². The highest BCUT2D eigenvalue weighted by molar-refractivity contribution is 7.80. The molecule has 0 spiro atoms. The molecule has 0 aromatic carbocycles. The number of imide groups is 1. The fourth-order valence-electron chi connectivity index (χ4n) is 3.12. The molecule has 2 aliphatic rings. The second kappa shape index (κ2) is 4.09. The van der Waals surface area contributed by atoms with Gasteiger partial charge in [-0.15, -0.1) is 0 Å². The van der Waals surface area contributed by atoms with Crippen LogP contribution in [0.5, 0.6) is 0 Å². The summed E-state index contributed by atoms with van der Waals surface area (Å²) in [6.07, 6.45) is 1.59. The van der Waals surface area contributed by atoms with Crippen LogP contribution in [0.3, 0.4) is 0 Å². The summed E-state index contributed by atoms with van der Waals surface area (Å²) in [5.74, 6) is -0.523. The Kier molecular flexibility index (Phi) is 2.69. The van der Waals surface area contributed by atoms with Crippen molar-refractivity contribution < 1.29 is 9.59 Å². The minimum Gasteiger partial charge on any atom is -0.388 e. The number of carbonyl (C=O) groups excluding carboxylic acids is 2. The summed E-state index contributed by atoms with van der Waals surface area (Å²) in [6.45, 7) is 4.11. The summed E-state index contributed by atoms with van der Waals surface area (Å²) in [4.78, 5) is 30.1. The highest BCUT2D eigenvalue weighted by atomic mass is 32.1. The van der Waals surface area contributed by atoms with Crippen molar-refractivity contribution in [2.75, 3.05) is 0 Å². The average Bonchev–Trinajstić information content (AvgIpc) is 2.86. The Morgan fingerprint density at radius 3 is 2.55 bits per heavy atom. The van der Waals surface area contributed by atoms with E-state index in [0.717, 1.165) is 0 Å². The molecule has 6 heteroatoms.